The van der Waals surface area contributed by atoms with Crippen LogP contribution in [0.2, 0.25) is 0 Å². The smallest absolute Gasteiger partial charge is 0.308 e. The van der Waals surface area contributed by atoms with Gasteiger partial charge < -0.3 is 14.2 Å². The predicted molar refractivity (Wildman–Crippen MR) is 143 cm³/mol. The van der Waals surface area contributed by atoms with Crippen molar-refractivity contribution in [3.8, 4) is 0 Å². The zero-order valence-electron chi connectivity index (χ0n) is 23.5. The second-order valence-corrected chi connectivity index (χ2v) is 10.5. The molecule has 210 valence electrons. The molecular weight excluding hydrogens is 456 g/mol. The van der Waals surface area contributed by atoms with E-state index in [0.717, 1.165) is 57.8 Å². The molecule has 0 aliphatic heterocycles. The van der Waals surface area contributed by atoms with Crippen molar-refractivity contribution in [2.45, 2.75) is 136 Å². The molecule has 0 spiro atoms. The number of hydrogen-bond acceptors (Lipinski definition) is 6. The van der Waals surface area contributed by atoms with E-state index in [1.807, 2.05) is 0 Å². The van der Waals surface area contributed by atoms with Gasteiger partial charge in [-0.15, -0.1) is 0 Å². The highest BCUT2D eigenvalue weighted by Crippen LogP contribution is 2.36. The fourth-order valence-electron chi connectivity index (χ4n) is 4.89. The maximum absolute atomic E-state index is 12.8. The van der Waals surface area contributed by atoms with Gasteiger partial charge in [-0.3, -0.25) is 14.4 Å². The minimum Gasteiger partial charge on any atom is -0.465 e. The van der Waals surface area contributed by atoms with Crippen LogP contribution in [0.25, 0.3) is 0 Å². The molecule has 0 amide bonds. The van der Waals surface area contributed by atoms with Crippen LogP contribution < -0.4 is 0 Å². The van der Waals surface area contributed by atoms with Crippen LogP contribution in [0, 0.1) is 17.8 Å². The summed E-state index contributed by atoms with van der Waals surface area (Å²) in [5.41, 5.74) is 0. The third-order valence-electron chi connectivity index (χ3n) is 7.18. The molecule has 0 aromatic carbocycles. The number of ether oxygens (including phenoxy) is 3. The zero-order valence-corrected chi connectivity index (χ0v) is 23.5. The number of esters is 3. The monoisotopic (exact) mass is 510 g/mol. The van der Waals surface area contributed by atoms with Crippen molar-refractivity contribution >= 4 is 17.9 Å². The SMILES string of the molecule is CCCCCCCOC(=O)C1CC(C(=O)OCCCCCCC)CC(C(=O)OCCCCCCC)C1. The first-order valence-electron chi connectivity index (χ1n) is 15.0. The van der Waals surface area contributed by atoms with Gasteiger partial charge in [0.15, 0.2) is 0 Å². The average molecular weight is 511 g/mol. The molecule has 36 heavy (non-hydrogen) atoms. The Morgan fingerprint density at radius 3 is 0.944 bits per heavy atom. The minimum atomic E-state index is -0.460. The molecule has 0 saturated heterocycles. The molecule has 6 heteroatoms. The van der Waals surface area contributed by atoms with E-state index in [-0.39, 0.29) is 17.9 Å². The van der Waals surface area contributed by atoms with Crippen molar-refractivity contribution in [3.63, 3.8) is 0 Å². The van der Waals surface area contributed by atoms with Crippen LogP contribution in [0.4, 0.5) is 0 Å². The van der Waals surface area contributed by atoms with Crippen LogP contribution in [0.1, 0.15) is 136 Å². The predicted octanol–water partition coefficient (Wildman–Crippen LogP) is 7.56. The van der Waals surface area contributed by atoms with Gasteiger partial charge in [-0.25, -0.2) is 0 Å². The molecular formula is C30H54O6. The van der Waals surface area contributed by atoms with Crippen LogP contribution in [0.15, 0.2) is 0 Å². The Morgan fingerprint density at radius 1 is 0.444 bits per heavy atom. The third kappa shape index (κ3) is 14.8. The van der Waals surface area contributed by atoms with E-state index in [1.165, 1.54) is 38.5 Å². The molecule has 1 aliphatic carbocycles. The average Bonchev–Trinajstić information content (AvgIpc) is 2.89. The van der Waals surface area contributed by atoms with E-state index in [1.54, 1.807) is 0 Å². The Kier molecular flexibility index (Phi) is 19.4. The molecule has 0 radical (unpaired) electrons. The van der Waals surface area contributed by atoms with Crippen LogP contribution in [-0.2, 0) is 28.6 Å². The molecule has 1 saturated carbocycles. The summed E-state index contributed by atoms with van der Waals surface area (Å²) in [5.74, 6) is -2.25. The highest BCUT2D eigenvalue weighted by atomic mass is 16.5. The summed E-state index contributed by atoms with van der Waals surface area (Å²) in [4.78, 5) is 38.5. The highest BCUT2D eigenvalue weighted by Gasteiger charge is 2.41. The van der Waals surface area contributed by atoms with Gasteiger partial charge in [0.25, 0.3) is 0 Å². The van der Waals surface area contributed by atoms with Gasteiger partial charge in [0, 0.05) is 0 Å². The first-order valence-corrected chi connectivity index (χ1v) is 15.0. The molecule has 0 unspecified atom stereocenters. The van der Waals surface area contributed by atoms with Gasteiger partial charge in [0.1, 0.15) is 0 Å². The molecule has 1 fully saturated rings. The number of hydrogen-bond donors (Lipinski definition) is 0. The van der Waals surface area contributed by atoms with Gasteiger partial charge in [-0.2, -0.15) is 0 Å². The van der Waals surface area contributed by atoms with E-state index in [9.17, 15) is 14.4 Å². The van der Waals surface area contributed by atoms with Crippen LogP contribution in [-0.4, -0.2) is 37.7 Å². The van der Waals surface area contributed by atoms with Crippen LogP contribution in [0.5, 0.6) is 0 Å². The first kappa shape index (κ1) is 32.4. The fraction of sp³-hybridized carbons (Fsp3) is 0.900. The third-order valence-corrected chi connectivity index (χ3v) is 7.18. The molecule has 6 nitrogen and oxygen atoms in total. The highest BCUT2D eigenvalue weighted by molar-refractivity contribution is 5.80. The van der Waals surface area contributed by atoms with Crippen molar-refractivity contribution in [1.82, 2.24) is 0 Å². The Bertz CT molecular complexity index is 503. The van der Waals surface area contributed by atoms with E-state index in [0.29, 0.717) is 39.1 Å². The maximum Gasteiger partial charge on any atom is 0.308 e. The number of carbonyl (C=O) groups excluding carboxylic acids is 3. The van der Waals surface area contributed by atoms with Gasteiger partial charge in [-0.1, -0.05) is 97.8 Å². The van der Waals surface area contributed by atoms with Crippen molar-refractivity contribution in [1.29, 1.82) is 0 Å². The van der Waals surface area contributed by atoms with E-state index in [2.05, 4.69) is 20.8 Å². The van der Waals surface area contributed by atoms with Crippen molar-refractivity contribution in [2.24, 2.45) is 17.8 Å². The number of rotatable bonds is 21. The Balaban J connectivity index is 2.58. The van der Waals surface area contributed by atoms with Crippen molar-refractivity contribution in [2.75, 3.05) is 19.8 Å². The number of unbranched alkanes of at least 4 members (excludes halogenated alkanes) is 12. The van der Waals surface area contributed by atoms with Crippen LogP contribution in [0.3, 0.4) is 0 Å². The van der Waals surface area contributed by atoms with Crippen molar-refractivity contribution < 1.29 is 28.6 Å². The Labute approximate surface area is 220 Å². The zero-order chi connectivity index (χ0) is 26.4. The molecule has 1 aliphatic rings. The normalized spacial score (nSPS) is 19.6. The van der Waals surface area contributed by atoms with Crippen LogP contribution >= 0.6 is 0 Å². The largest absolute Gasteiger partial charge is 0.465 e. The maximum atomic E-state index is 12.8. The lowest BCUT2D eigenvalue weighted by atomic mass is 9.75. The quantitative estimate of drug-likeness (QED) is 0.0900. The number of carbonyl (C=O) groups is 3. The molecule has 0 heterocycles. The summed E-state index contributed by atoms with van der Waals surface area (Å²) in [6, 6.07) is 0. The van der Waals surface area contributed by atoms with Crippen molar-refractivity contribution in [3.05, 3.63) is 0 Å². The second kappa shape index (κ2) is 21.5. The molecule has 0 atom stereocenters. The van der Waals surface area contributed by atoms with Gasteiger partial charge in [0.2, 0.25) is 0 Å². The van der Waals surface area contributed by atoms with E-state index < -0.39 is 17.8 Å². The van der Waals surface area contributed by atoms with Gasteiger partial charge >= 0.3 is 17.9 Å². The summed E-state index contributed by atoms with van der Waals surface area (Å²) in [5, 5.41) is 0. The Hall–Kier alpha value is -1.59. The summed E-state index contributed by atoms with van der Waals surface area (Å²) < 4.78 is 16.6. The van der Waals surface area contributed by atoms with E-state index in [4.69, 9.17) is 14.2 Å². The molecule has 0 bridgehead atoms. The minimum absolute atomic E-state index is 0.292. The second-order valence-electron chi connectivity index (χ2n) is 10.5. The molecule has 0 aromatic rings. The standard InChI is InChI=1S/C30H54O6/c1-4-7-10-13-16-19-34-28(31)25-22-26(29(32)35-20-17-14-11-8-5-2)24-27(23-25)30(33)36-21-18-15-12-9-6-3/h25-27H,4-24H2,1-3H3. The summed E-state index contributed by atoms with van der Waals surface area (Å²) in [6.45, 7) is 7.72. The summed E-state index contributed by atoms with van der Waals surface area (Å²) in [7, 11) is 0. The lowest BCUT2D eigenvalue weighted by Crippen LogP contribution is -2.37. The van der Waals surface area contributed by atoms with E-state index >= 15 is 0 Å². The molecule has 0 aromatic heterocycles. The summed E-state index contributed by atoms with van der Waals surface area (Å²) >= 11 is 0. The summed E-state index contributed by atoms with van der Waals surface area (Å²) in [6.07, 6.45) is 17.4. The molecule has 0 N–H and O–H groups in total. The van der Waals surface area contributed by atoms with Gasteiger partial charge in [0.05, 0.1) is 37.6 Å². The fourth-order valence-corrected chi connectivity index (χ4v) is 4.89. The topological polar surface area (TPSA) is 78.9 Å². The Morgan fingerprint density at radius 2 is 0.694 bits per heavy atom. The molecule has 1 rings (SSSR count). The lowest BCUT2D eigenvalue weighted by molar-refractivity contribution is -0.161. The lowest BCUT2D eigenvalue weighted by Gasteiger charge is -2.31. The first-order chi connectivity index (χ1) is 17.5. The van der Waals surface area contributed by atoms with Gasteiger partial charge in [-0.05, 0) is 38.5 Å².